The molecule has 0 atom stereocenters. The molecule has 0 spiro atoms. The van der Waals surface area contributed by atoms with E-state index in [1.54, 1.807) is 65.6 Å². The molecule has 0 radical (unpaired) electrons. The number of benzene rings is 11. The monoisotopic (exact) mass is 1640 g/mol. The Labute approximate surface area is 694 Å². The van der Waals surface area contributed by atoms with Crippen LogP contribution in [0.1, 0.15) is 78.5 Å². The summed E-state index contributed by atoms with van der Waals surface area (Å²) in [4.78, 5) is 123. The number of Topliss-reactive ketones (excluding diaryl/α,β-unsaturated/α-hetero) is 5. The summed E-state index contributed by atoms with van der Waals surface area (Å²) < 4.78 is 7.45. The summed E-state index contributed by atoms with van der Waals surface area (Å²) in [7, 11) is 8.07. The van der Waals surface area contributed by atoms with E-state index in [2.05, 4.69) is 53.6 Å². The Morgan fingerprint density at radius 1 is 0.244 bits per heavy atom. The minimum absolute atomic E-state index is 0.0656. The van der Waals surface area contributed by atoms with Gasteiger partial charge in [0, 0.05) is 98.7 Å². The molecule has 11 aromatic carbocycles. The van der Waals surface area contributed by atoms with E-state index in [-0.39, 0.29) is 88.8 Å². The first-order chi connectivity index (χ1) is 57.2. The lowest BCUT2D eigenvalue weighted by atomic mass is 10.0. The second-order valence-electron chi connectivity index (χ2n) is 29.8. The summed E-state index contributed by atoms with van der Waals surface area (Å²) in [5.41, 5.74) is 12.1. The van der Waals surface area contributed by atoms with Gasteiger partial charge in [-0.3, -0.25) is 47.9 Å². The average Bonchev–Trinajstić information content (AvgIpc) is 0.811. The number of aryl methyl sites for hydroxylation is 9. The SMILES string of the molecule is Cc1ccc(CC(=O)Cc2nn(C)c(=O)c3ccccc23)c(Br)c1.Cc1ccc(CC(=O)Cc2nn(C)c(=O)c3ccccc23)cc1.Cc1ccc(CC(=O)Cc2nn(C)c(=O)c3ccccc23)cc1.Cc1ccc(CC(=O)Cc2nn(C)c(=O)c3ccccc23)cc1.Cn1nc(CC(=O)Cc2ccc3ccccc3c2)c2ccccc2c1=O. The number of ketones is 5. The van der Waals surface area contributed by atoms with Crippen LogP contribution in [-0.4, -0.2) is 77.8 Å². The smallest absolute Gasteiger partial charge is 0.274 e. The van der Waals surface area contributed by atoms with Gasteiger partial charge in [0.25, 0.3) is 27.8 Å². The van der Waals surface area contributed by atoms with Crippen LogP contribution in [0.15, 0.2) is 283 Å². The quantitative estimate of drug-likeness (QED) is 0.0687. The van der Waals surface area contributed by atoms with Crippen molar-refractivity contribution in [3.05, 3.63) is 390 Å². The maximum Gasteiger partial charge on any atom is 0.274 e. The van der Waals surface area contributed by atoms with Crippen molar-refractivity contribution in [2.24, 2.45) is 35.2 Å². The predicted molar refractivity (Wildman–Crippen MR) is 473 cm³/mol. The number of nitrogens with zero attached hydrogens (tertiary/aromatic N) is 10. The van der Waals surface area contributed by atoms with Crippen molar-refractivity contribution < 1.29 is 24.0 Å². The summed E-state index contributed by atoms with van der Waals surface area (Å²) in [5, 5.41) is 30.5. The van der Waals surface area contributed by atoms with Crippen LogP contribution < -0.4 is 27.8 Å². The molecule has 0 aliphatic heterocycles. The van der Waals surface area contributed by atoms with Gasteiger partial charge in [-0.05, 0) is 108 Å². The summed E-state index contributed by atoms with van der Waals surface area (Å²) in [6.45, 7) is 8.07. The van der Waals surface area contributed by atoms with Gasteiger partial charge < -0.3 is 0 Å². The minimum Gasteiger partial charge on any atom is -0.299 e. The summed E-state index contributed by atoms with van der Waals surface area (Å²) in [5.74, 6) is 0.410. The van der Waals surface area contributed by atoms with Crippen LogP contribution in [0, 0.1) is 27.7 Å². The Hall–Kier alpha value is -13.8. The fourth-order valence-corrected chi connectivity index (χ4v) is 14.8. The average molecular weight is 1650 g/mol. The van der Waals surface area contributed by atoms with E-state index in [9.17, 15) is 47.9 Å². The Bertz CT molecular complexity index is 6490. The molecule has 20 nitrogen and oxygen atoms in total. The molecule has 0 saturated heterocycles. The van der Waals surface area contributed by atoms with E-state index >= 15 is 0 Å². The highest BCUT2D eigenvalue weighted by molar-refractivity contribution is 9.10. The molecule has 0 N–H and O–H groups in total. The van der Waals surface area contributed by atoms with Gasteiger partial charge >= 0.3 is 0 Å². The van der Waals surface area contributed by atoms with Gasteiger partial charge in [-0.15, -0.1) is 0 Å². The first kappa shape index (κ1) is 84.6. The topological polar surface area (TPSA) is 260 Å². The molecule has 0 saturated carbocycles. The van der Waals surface area contributed by atoms with E-state index in [4.69, 9.17) is 0 Å². The number of rotatable bonds is 20. The van der Waals surface area contributed by atoms with Crippen molar-refractivity contribution in [2.75, 3.05) is 0 Å². The number of carbonyl (C=O) groups excluding carboxylic acids is 5. The highest BCUT2D eigenvalue weighted by Crippen LogP contribution is 2.24. The van der Waals surface area contributed by atoms with E-state index in [1.807, 2.05) is 240 Å². The zero-order chi connectivity index (χ0) is 84.6. The van der Waals surface area contributed by atoms with Gasteiger partial charge in [-0.1, -0.05) is 251 Å². The van der Waals surface area contributed by atoms with Crippen LogP contribution in [0.5, 0.6) is 0 Å². The fourth-order valence-electron chi connectivity index (χ4n) is 14.2. The molecule has 21 heteroatoms. The molecule has 0 aliphatic rings. The number of hydrogen-bond donors (Lipinski definition) is 0. The van der Waals surface area contributed by atoms with Gasteiger partial charge in [-0.2, -0.15) is 25.5 Å². The molecule has 5 heterocycles. The predicted octanol–water partition coefficient (Wildman–Crippen LogP) is 14.6. The van der Waals surface area contributed by atoms with Crippen LogP contribution >= 0.6 is 15.9 Å². The lowest BCUT2D eigenvalue weighted by molar-refractivity contribution is -0.118. The number of hydrogen-bond acceptors (Lipinski definition) is 15. The number of fused-ring (bicyclic) bond motifs is 6. The van der Waals surface area contributed by atoms with Gasteiger partial charge in [0.1, 0.15) is 28.9 Å². The van der Waals surface area contributed by atoms with Crippen molar-refractivity contribution in [3.8, 4) is 0 Å². The van der Waals surface area contributed by atoms with Gasteiger partial charge in [0.15, 0.2) is 0 Å². The Morgan fingerprint density at radius 2 is 0.471 bits per heavy atom. The molecule has 0 amide bonds. The zero-order valence-electron chi connectivity index (χ0n) is 67.8. The molecule has 0 unspecified atom stereocenters. The normalized spacial score (nSPS) is 10.9. The van der Waals surface area contributed by atoms with Gasteiger partial charge in [0.2, 0.25) is 0 Å². The van der Waals surface area contributed by atoms with Crippen molar-refractivity contribution in [3.63, 3.8) is 0 Å². The van der Waals surface area contributed by atoms with Crippen LogP contribution in [0.2, 0.25) is 0 Å². The third-order valence-corrected chi connectivity index (χ3v) is 21.1. The Kier molecular flexibility index (Phi) is 27.6. The van der Waals surface area contributed by atoms with E-state index in [0.29, 0.717) is 87.5 Å². The second-order valence-corrected chi connectivity index (χ2v) is 30.7. The first-order valence-corrected chi connectivity index (χ1v) is 39.7. The van der Waals surface area contributed by atoms with E-state index in [0.717, 1.165) is 75.6 Å². The molecule has 0 aliphatic carbocycles. The third-order valence-electron chi connectivity index (χ3n) is 20.4. The molecular weight excluding hydrogens is 1560 g/mol. The summed E-state index contributed by atoms with van der Waals surface area (Å²) in [6.07, 6.45) is 2.89. The largest absolute Gasteiger partial charge is 0.299 e. The molecule has 16 rings (SSSR count). The maximum atomic E-state index is 12.6. The van der Waals surface area contributed by atoms with Crippen LogP contribution in [-0.2, 0) is 123 Å². The minimum atomic E-state index is -0.150. The van der Waals surface area contributed by atoms with E-state index < -0.39 is 0 Å². The molecule has 5 aromatic heterocycles. The van der Waals surface area contributed by atoms with Crippen LogP contribution in [0.3, 0.4) is 0 Å². The number of aromatic nitrogens is 10. The molecule has 119 heavy (non-hydrogen) atoms. The summed E-state index contributed by atoms with van der Waals surface area (Å²) in [6, 6.07) is 80.5. The van der Waals surface area contributed by atoms with Crippen molar-refractivity contribution >= 4 is 109 Å². The maximum absolute atomic E-state index is 12.6. The third kappa shape index (κ3) is 21.7. The fraction of sp³-hybridized carbons (Fsp3) is 0.194. The number of carbonyl (C=O) groups is 5. The zero-order valence-corrected chi connectivity index (χ0v) is 69.3. The van der Waals surface area contributed by atoms with Crippen molar-refractivity contribution in [2.45, 2.75) is 91.9 Å². The van der Waals surface area contributed by atoms with Gasteiger partial charge in [-0.25, -0.2) is 23.4 Å². The molecule has 598 valence electrons. The van der Waals surface area contributed by atoms with Crippen molar-refractivity contribution in [1.29, 1.82) is 0 Å². The lowest BCUT2D eigenvalue weighted by Crippen LogP contribution is -2.22. The lowest BCUT2D eigenvalue weighted by Gasteiger charge is -2.08. The second kappa shape index (κ2) is 38.8. The molecule has 16 aromatic rings. The molecule has 0 fully saturated rings. The molecule has 0 bridgehead atoms. The Morgan fingerprint density at radius 3 is 0.748 bits per heavy atom. The highest BCUT2D eigenvalue weighted by Gasteiger charge is 2.20. The van der Waals surface area contributed by atoms with Crippen LogP contribution in [0.4, 0.5) is 0 Å². The number of halogens is 1. The van der Waals surface area contributed by atoms with Crippen LogP contribution in [0.25, 0.3) is 64.6 Å². The highest BCUT2D eigenvalue weighted by atomic mass is 79.9. The Balaban J connectivity index is 0.000000137. The summed E-state index contributed by atoms with van der Waals surface area (Å²) >= 11 is 3.51. The van der Waals surface area contributed by atoms with Crippen molar-refractivity contribution in [1.82, 2.24) is 48.9 Å². The van der Waals surface area contributed by atoms with Gasteiger partial charge in [0.05, 0.1) is 87.5 Å². The first-order valence-electron chi connectivity index (χ1n) is 38.9. The molecular formula is C98H89BrN10O10. The standard InChI is InChI=1S/C22H18N2O2.C19H17BrN2O2.3C19H18N2O2/c1-24-22(26)20-9-5-4-8-19(20)21(23-24)14-18(25)13-15-10-11-16-6-2-3-7-17(16)12-15;1-12-7-8-13(17(20)9-12)10-14(23)11-18-15-5-3-4-6-16(15)19(24)22(2)21-18;3*1-13-7-9-14(10-8-13)11-15(22)12-18-16-5-3-4-6-17(16)19(23)21(2)20-18/h2-12H,13-14H2,1H3;3-9H,10-11H2,1-2H3;3*3-10H,11-12H2,1-2H3. The van der Waals surface area contributed by atoms with E-state index in [1.165, 1.54) is 40.1 Å².